The number of methoxy groups -OCH3 is 1. The zero-order valence-electron chi connectivity index (χ0n) is 13.5. The van der Waals surface area contributed by atoms with Crippen LogP contribution in [0.25, 0.3) is 0 Å². The predicted molar refractivity (Wildman–Crippen MR) is 89.3 cm³/mol. The first kappa shape index (κ1) is 15.9. The Morgan fingerprint density at radius 2 is 2.08 bits per heavy atom. The number of ether oxygens (including phenoxy) is 2. The van der Waals surface area contributed by atoms with Crippen LogP contribution < -0.4 is 20.1 Å². The number of carbonyl (C=O) groups is 2. The van der Waals surface area contributed by atoms with Crippen LogP contribution >= 0.6 is 0 Å². The van der Waals surface area contributed by atoms with E-state index >= 15 is 0 Å². The third-order valence-corrected chi connectivity index (χ3v) is 3.78. The first-order chi connectivity index (χ1) is 11.6. The zero-order valence-corrected chi connectivity index (χ0v) is 13.5. The summed E-state index contributed by atoms with van der Waals surface area (Å²) in [5.74, 6) is 0.744. The smallest absolute Gasteiger partial charge is 0.265 e. The molecule has 0 aliphatic carbocycles. The van der Waals surface area contributed by atoms with Crippen LogP contribution in [0.5, 0.6) is 11.5 Å². The van der Waals surface area contributed by atoms with Gasteiger partial charge in [0.15, 0.2) is 6.10 Å². The van der Waals surface area contributed by atoms with Crippen LogP contribution in [0.15, 0.2) is 42.5 Å². The lowest BCUT2D eigenvalue weighted by molar-refractivity contribution is -0.122. The van der Waals surface area contributed by atoms with Crippen LogP contribution in [0.2, 0.25) is 0 Å². The van der Waals surface area contributed by atoms with E-state index in [4.69, 9.17) is 9.47 Å². The molecule has 0 spiro atoms. The van der Waals surface area contributed by atoms with Gasteiger partial charge in [-0.15, -0.1) is 0 Å². The SMILES string of the molecule is COc1ccccc1C(=O)NCc1ccc2c(c1)NC(=O)C(C)O2. The molecule has 0 radical (unpaired) electrons. The molecular weight excluding hydrogens is 308 g/mol. The maximum atomic E-state index is 12.3. The highest BCUT2D eigenvalue weighted by Crippen LogP contribution is 2.30. The molecule has 0 saturated heterocycles. The minimum atomic E-state index is -0.506. The van der Waals surface area contributed by atoms with Crippen LogP contribution in [-0.4, -0.2) is 25.0 Å². The van der Waals surface area contributed by atoms with Crippen LogP contribution in [0, 0.1) is 0 Å². The fraction of sp³-hybridized carbons (Fsp3) is 0.222. The van der Waals surface area contributed by atoms with E-state index in [1.165, 1.54) is 7.11 Å². The fourth-order valence-corrected chi connectivity index (χ4v) is 2.48. The molecule has 1 atom stereocenters. The molecule has 0 fully saturated rings. The first-order valence-electron chi connectivity index (χ1n) is 7.60. The lowest BCUT2D eigenvalue weighted by atomic mass is 10.1. The van der Waals surface area contributed by atoms with Gasteiger partial charge in [0.1, 0.15) is 11.5 Å². The lowest BCUT2D eigenvalue weighted by Gasteiger charge is -2.23. The Balaban J connectivity index is 1.70. The van der Waals surface area contributed by atoms with Gasteiger partial charge in [0, 0.05) is 6.54 Å². The second-order valence-corrected chi connectivity index (χ2v) is 5.46. The van der Waals surface area contributed by atoms with Gasteiger partial charge in [-0.2, -0.15) is 0 Å². The standard InChI is InChI=1S/C18H18N2O4/c1-11-17(21)20-14-9-12(7-8-16(14)24-11)10-19-18(22)13-5-3-4-6-15(13)23-2/h3-9,11H,10H2,1-2H3,(H,19,22)(H,20,21). The molecule has 2 N–H and O–H groups in total. The molecule has 24 heavy (non-hydrogen) atoms. The third kappa shape index (κ3) is 3.17. The zero-order chi connectivity index (χ0) is 17.1. The number of fused-ring (bicyclic) bond motifs is 1. The average Bonchev–Trinajstić information content (AvgIpc) is 2.60. The van der Waals surface area contributed by atoms with Gasteiger partial charge >= 0.3 is 0 Å². The minimum absolute atomic E-state index is 0.183. The van der Waals surface area contributed by atoms with E-state index in [0.29, 0.717) is 29.3 Å². The number of amides is 2. The van der Waals surface area contributed by atoms with E-state index in [9.17, 15) is 9.59 Å². The first-order valence-corrected chi connectivity index (χ1v) is 7.60. The Morgan fingerprint density at radius 1 is 1.29 bits per heavy atom. The van der Waals surface area contributed by atoms with Crippen molar-refractivity contribution < 1.29 is 19.1 Å². The molecule has 1 heterocycles. The maximum absolute atomic E-state index is 12.3. The Bertz CT molecular complexity index is 788. The number of anilines is 1. The normalized spacial score (nSPS) is 15.8. The van der Waals surface area contributed by atoms with Gasteiger partial charge in [-0.3, -0.25) is 9.59 Å². The Kier molecular flexibility index (Phi) is 4.37. The lowest BCUT2D eigenvalue weighted by Crippen LogP contribution is -2.34. The summed E-state index contributed by atoms with van der Waals surface area (Å²) in [5, 5.41) is 5.64. The van der Waals surface area contributed by atoms with E-state index in [-0.39, 0.29) is 11.8 Å². The van der Waals surface area contributed by atoms with Crippen molar-refractivity contribution in [3.8, 4) is 11.5 Å². The summed E-state index contributed by atoms with van der Waals surface area (Å²) >= 11 is 0. The molecule has 1 aliphatic heterocycles. The molecular formula is C18H18N2O4. The summed E-state index contributed by atoms with van der Waals surface area (Å²) in [6.45, 7) is 2.02. The number of hydrogen-bond acceptors (Lipinski definition) is 4. The largest absolute Gasteiger partial charge is 0.496 e. The highest BCUT2D eigenvalue weighted by atomic mass is 16.5. The van der Waals surface area contributed by atoms with Gasteiger partial charge in [-0.25, -0.2) is 0 Å². The predicted octanol–water partition coefficient (Wildman–Crippen LogP) is 2.34. The number of nitrogens with one attached hydrogen (secondary N) is 2. The molecule has 0 aromatic heterocycles. The molecule has 0 bridgehead atoms. The molecule has 2 aromatic rings. The third-order valence-electron chi connectivity index (χ3n) is 3.78. The Hall–Kier alpha value is -3.02. The molecule has 6 nitrogen and oxygen atoms in total. The second kappa shape index (κ2) is 6.62. The number of carbonyl (C=O) groups excluding carboxylic acids is 2. The van der Waals surface area contributed by atoms with Gasteiger partial charge in [0.25, 0.3) is 11.8 Å². The van der Waals surface area contributed by atoms with E-state index in [1.807, 2.05) is 12.1 Å². The average molecular weight is 326 g/mol. The summed E-state index contributed by atoms with van der Waals surface area (Å²) in [7, 11) is 1.53. The Morgan fingerprint density at radius 3 is 2.88 bits per heavy atom. The topological polar surface area (TPSA) is 76.7 Å². The van der Waals surface area contributed by atoms with Crippen molar-refractivity contribution in [2.75, 3.05) is 12.4 Å². The molecule has 1 unspecified atom stereocenters. The molecule has 3 rings (SSSR count). The summed E-state index contributed by atoms with van der Waals surface area (Å²) in [5.41, 5.74) is 1.95. The van der Waals surface area contributed by atoms with E-state index in [1.54, 1.807) is 37.3 Å². The van der Waals surface area contributed by atoms with Gasteiger partial charge in [-0.1, -0.05) is 18.2 Å². The number of para-hydroxylation sites is 1. The van der Waals surface area contributed by atoms with Gasteiger partial charge in [0.2, 0.25) is 0 Å². The monoisotopic (exact) mass is 326 g/mol. The highest BCUT2D eigenvalue weighted by molar-refractivity contribution is 5.98. The van der Waals surface area contributed by atoms with Gasteiger partial charge in [-0.05, 0) is 36.8 Å². The van der Waals surface area contributed by atoms with Crippen molar-refractivity contribution in [3.05, 3.63) is 53.6 Å². The van der Waals surface area contributed by atoms with Gasteiger partial charge < -0.3 is 20.1 Å². The molecule has 1 aliphatic rings. The van der Waals surface area contributed by atoms with Crippen LogP contribution in [0.1, 0.15) is 22.8 Å². The number of rotatable bonds is 4. The van der Waals surface area contributed by atoms with Crippen molar-refractivity contribution in [1.82, 2.24) is 5.32 Å². The fourth-order valence-electron chi connectivity index (χ4n) is 2.48. The summed E-state index contributed by atoms with van der Waals surface area (Å²) in [4.78, 5) is 24.0. The van der Waals surface area contributed by atoms with Crippen LogP contribution in [-0.2, 0) is 11.3 Å². The van der Waals surface area contributed by atoms with E-state index in [2.05, 4.69) is 10.6 Å². The van der Waals surface area contributed by atoms with Crippen LogP contribution in [0.3, 0.4) is 0 Å². The molecule has 0 saturated carbocycles. The van der Waals surface area contributed by atoms with Crippen molar-refractivity contribution in [2.45, 2.75) is 19.6 Å². The van der Waals surface area contributed by atoms with E-state index < -0.39 is 6.10 Å². The van der Waals surface area contributed by atoms with Crippen LogP contribution in [0.4, 0.5) is 5.69 Å². The number of hydrogen-bond donors (Lipinski definition) is 2. The van der Waals surface area contributed by atoms with Crippen molar-refractivity contribution in [3.63, 3.8) is 0 Å². The Labute approximate surface area is 139 Å². The molecule has 6 heteroatoms. The maximum Gasteiger partial charge on any atom is 0.265 e. The molecule has 124 valence electrons. The second-order valence-electron chi connectivity index (χ2n) is 5.46. The van der Waals surface area contributed by atoms with Gasteiger partial charge in [0.05, 0.1) is 18.4 Å². The van der Waals surface area contributed by atoms with Crippen molar-refractivity contribution in [2.24, 2.45) is 0 Å². The molecule has 2 aromatic carbocycles. The molecule has 2 amide bonds. The summed E-state index contributed by atoms with van der Waals surface area (Å²) in [6.07, 6.45) is -0.506. The number of benzene rings is 2. The quantitative estimate of drug-likeness (QED) is 0.904. The van der Waals surface area contributed by atoms with Crippen molar-refractivity contribution in [1.29, 1.82) is 0 Å². The highest BCUT2D eigenvalue weighted by Gasteiger charge is 2.23. The summed E-state index contributed by atoms with van der Waals surface area (Å²) in [6, 6.07) is 12.5. The van der Waals surface area contributed by atoms with E-state index in [0.717, 1.165) is 5.56 Å². The minimum Gasteiger partial charge on any atom is -0.496 e. The summed E-state index contributed by atoms with van der Waals surface area (Å²) < 4.78 is 10.7. The van der Waals surface area contributed by atoms with Crippen molar-refractivity contribution >= 4 is 17.5 Å².